The highest BCUT2D eigenvalue weighted by molar-refractivity contribution is 7.80. The molecule has 0 bridgehead atoms. The van der Waals surface area contributed by atoms with Crippen molar-refractivity contribution in [1.82, 2.24) is 5.01 Å². The van der Waals surface area contributed by atoms with Crippen molar-refractivity contribution in [2.24, 2.45) is 5.10 Å². The Labute approximate surface area is 102 Å². The van der Waals surface area contributed by atoms with Crippen molar-refractivity contribution in [1.29, 1.82) is 0 Å². The van der Waals surface area contributed by atoms with Crippen molar-refractivity contribution in [3.8, 4) is 0 Å². The molecule has 1 aliphatic heterocycles. The van der Waals surface area contributed by atoms with Crippen LogP contribution in [-0.2, 0) is 4.74 Å². The summed E-state index contributed by atoms with van der Waals surface area (Å²) in [6, 6.07) is 2.73. The van der Waals surface area contributed by atoms with Gasteiger partial charge in [-0.25, -0.2) is 5.01 Å². The zero-order chi connectivity index (χ0) is 12.4. The van der Waals surface area contributed by atoms with Gasteiger partial charge in [-0.3, -0.25) is 10.1 Å². The minimum absolute atomic E-state index is 0.00872. The summed E-state index contributed by atoms with van der Waals surface area (Å²) in [5, 5.41) is 16.2. The molecule has 0 saturated carbocycles. The van der Waals surface area contributed by atoms with E-state index in [1.165, 1.54) is 23.4 Å². The second-order valence-electron chi connectivity index (χ2n) is 3.45. The highest BCUT2D eigenvalue weighted by atomic mass is 32.1. The summed E-state index contributed by atoms with van der Waals surface area (Å²) >= 11 is 4.93. The topological polar surface area (TPSA) is 81.1 Å². The van der Waals surface area contributed by atoms with Crippen LogP contribution in [0.5, 0.6) is 0 Å². The molecule has 1 unspecified atom stereocenters. The fourth-order valence-corrected chi connectivity index (χ4v) is 1.60. The molecule has 1 aliphatic rings. The van der Waals surface area contributed by atoms with Crippen LogP contribution in [0.4, 0.5) is 5.88 Å². The van der Waals surface area contributed by atoms with Crippen molar-refractivity contribution >= 4 is 29.5 Å². The molecule has 2 heterocycles. The monoisotopic (exact) mass is 255 g/mol. The lowest BCUT2D eigenvalue weighted by Crippen LogP contribution is -2.18. The number of thiocarbonyl (C=S) groups is 1. The lowest BCUT2D eigenvalue weighted by Gasteiger charge is -2.04. The van der Waals surface area contributed by atoms with Crippen molar-refractivity contribution in [2.75, 3.05) is 6.54 Å². The molecule has 0 amide bonds. The fourth-order valence-electron chi connectivity index (χ4n) is 1.32. The van der Waals surface area contributed by atoms with E-state index in [0.29, 0.717) is 12.3 Å². The fraction of sp³-hybridized carbons (Fsp3) is 0.333. The first-order chi connectivity index (χ1) is 8.06. The summed E-state index contributed by atoms with van der Waals surface area (Å²) in [5.41, 5.74) is 0. The van der Waals surface area contributed by atoms with Crippen LogP contribution in [0, 0.1) is 10.1 Å². The summed E-state index contributed by atoms with van der Waals surface area (Å²) in [4.78, 5) is 9.78. The van der Waals surface area contributed by atoms with Gasteiger partial charge in [0, 0.05) is 0 Å². The van der Waals surface area contributed by atoms with E-state index >= 15 is 0 Å². The summed E-state index contributed by atoms with van der Waals surface area (Å²) in [7, 11) is 0. The van der Waals surface area contributed by atoms with Crippen LogP contribution in [0.2, 0.25) is 0 Å². The Kier molecular flexibility index (Phi) is 3.05. The predicted molar refractivity (Wildman–Crippen MR) is 62.8 cm³/mol. The maximum absolute atomic E-state index is 10.4. The van der Waals surface area contributed by atoms with Gasteiger partial charge in [0.1, 0.15) is 11.0 Å². The van der Waals surface area contributed by atoms with Crippen molar-refractivity contribution < 1.29 is 14.1 Å². The van der Waals surface area contributed by atoms with Gasteiger partial charge in [0.15, 0.2) is 5.76 Å². The van der Waals surface area contributed by atoms with E-state index in [1.807, 2.05) is 6.92 Å². The third-order valence-corrected chi connectivity index (χ3v) is 2.37. The summed E-state index contributed by atoms with van der Waals surface area (Å²) in [6.45, 7) is 2.43. The van der Waals surface area contributed by atoms with E-state index in [0.717, 1.165) is 0 Å². The summed E-state index contributed by atoms with van der Waals surface area (Å²) < 4.78 is 10.1. The number of rotatable bonds is 3. The minimum atomic E-state index is -0.608. The van der Waals surface area contributed by atoms with Crippen LogP contribution in [0.15, 0.2) is 21.7 Å². The van der Waals surface area contributed by atoms with Crippen LogP contribution in [0.3, 0.4) is 0 Å². The van der Waals surface area contributed by atoms with Gasteiger partial charge in [-0.15, -0.1) is 0 Å². The highest BCUT2D eigenvalue weighted by Gasteiger charge is 2.24. The van der Waals surface area contributed by atoms with E-state index in [2.05, 4.69) is 5.10 Å². The number of hydrogen-bond acceptors (Lipinski definition) is 6. The molecule has 0 radical (unpaired) electrons. The molecule has 17 heavy (non-hydrogen) atoms. The van der Waals surface area contributed by atoms with Gasteiger partial charge in [-0.1, -0.05) is 0 Å². The Hall–Kier alpha value is -1.96. The first-order valence-corrected chi connectivity index (χ1v) is 5.23. The van der Waals surface area contributed by atoms with Crippen LogP contribution >= 0.6 is 12.2 Å². The molecule has 1 atom stereocenters. The zero-order valence-electron chi connectivity index (χ0n) is 8.90. The van der Waals surface area contributed by atoms with Gasteiger partial charge in [0.2, 0.25) is 0 Å². The van der Waals surface area contributed by atoms with Gasteiger partial charge in [0.05, 0.1) is 18.8 Å². The van der Waals surface area contributed by atoms with Crippen LogP contribution in [-0.4, -0.2) is 34.0 Å². The lowest BCUT2D eigenvalue weighted by atomic mass is 10.4. The Morgan fingerprint density at radius 2 is 2.47 bits per heavy atom. The Morgan fingerprint density at radius 3 is 3.00 bits per heavy atom. The van der Waals surface area contributed by atoms with Gasteiger partial charge in [-0.05, 0) is 25.2 Å². The van der Waals surface area contributed by atoms with E-state index < -0.39 is 4.92 Å². The first-order valence-electron chi connectivity index (χ1n) is 4.82. The molecule has 0 N–H and O–H groups in total. The summed E-state index contributed by atoms with van der Waals surface area (Å²) in [5.74, 6) is -0.0286. The molecular formula is C9H9N3O4S. The van der Waals surface area contributed by atoms with Crippen LogP contribution in [0.1, 0.15) is 12.7 Å². The minimum Gasteiger partial charge on any atom is -0.465 e. The number of hydrogen-bond donors (Lipinski definition) is 0. The molecular weight excluding hydrogens is 246 g/mol. The first kappa shape index (κ1) is 11.5. The number of ether oxygens (including phenoxy) is 1. The van der Waals surface area contributed by atoms with Crippen LogP contribution in [0.25, 0.3) is 0 Å². The summed E-state index contributed by atoms with van der Waals surface area (Å²) in [6.07, 6.45) is 1.35. The van der Waals surface area contributed by atoms with Crippen molar-refractivity contribution in [2.45, 2.75) is 13.0 Å². The third kappa shape index (κ3) is 2.59. The second kappa shape index (κ2) is 4.50. The second-order valence-corrected chi connectivity index (χ2v) is 3.80. The van der Waals surface area contributed by atoms with Gasteiger partial charge < -0.3 is 9.15 Å². The van der Waals surface area contributed by atoms with E-state index in [4.69, 9.17) is 21.4 Å². The molecule has 0 aromatic carbocycles. The standard InChI is InChI=1S/C9H9N3O4S/c1-6-5-11(9(17)15-6)10-4-7-2-3-8(16-7)12(13)14/h2-4,6H,5H2,1H3/b10-4-. The average Bonchev–Trinajstić information content (AvgIpc) is 2.82. The average molecular weight is 255 g/mol. The molecule has 7 nitrogen and oxygen atoms in total. The molecule has 0 aliphatic carbocycles. The molecule has 0 spiro atoms. The molecule has 2 rings (SSSR count). The molecule has 1 fully saturated rings. The molecule has 1 aromatic heterocycles. The smallest absolute Gasteiger partial charge is 0.433 e. The number of hydrazone groups is 1. The number of nitrogens with zero attached hydrogens (tertiary/aromatic N) is 3. The normalized spacial score (nSPS) is 19.9. The Balaban J connectivity index is 2.05. The van der Waals surface area contributed by atoms with E-state index in [9.17, 15) is 10.1 Å². The van der Waals surface area contributed by atoms with Gasteiger partial charge in [0.25, 0.3) is 5.17 Å². The highest BCUT2D eigenvalue weighted by Crippen LogP contribution is 2.15. The van der Waals surface area contributed by atoms with Crippen molar-refractivity contribution in [3.05, 3.63) is 28.0 Å². The maximum atomic E-state index is 10.4. The Bertz CT molecular complexity index is 484. The largest absolute Gasteiger partial charge is 0.465 e. The zero-order valence-corrected chi connectivity index (χ0v) is 9.72. The molecule has 1 aromatic rings. The van der Waals surface area contributed by atoms with Crippen molar-refractivity contribution in [3.63, 3.8) is 0 Å². The maximum Gasteiger partial charge on any atom is 0.433 e. The van der Waals surface area contributed by atoms with Gasteiger partial charge in [-0.2, -0.15) is 5.10 Å². The van der Waals surface area contributed by atoms with Crippen LogP contribution < -0.4 is 0 Å². The van der Waals surface area contributed by atoms with Gasteiger partial charge >= 0.3 is 5.88 Å². The lowest BCUT2D eigenvalue weighted by molar-refractivity contribution is -0.402. The van der Waals surface area contributed by atoms with E-state index in [1.54, 1.807) is 0 Å². The predicted octanol–water partition coefficient (Wildman–Crippen LogP) is 1.53. The Morgan fingerprint density at radius 1 is 1.71 bits per heavy atom. The number of nitro groups is 1. The molecule has 90 valence electrons. The van der Waals surface area contributed by atoms with E-state index in [-0.39, 0.29) is 17.2 Å². The quantitative estimate of drug-likeness (QED) is 0.352. The third-order valence-electron chi connectivity index (χ3n) is 2.06. The molecule has 1 saturated heterocycles. The SMILES string of the molecule is CC1CN(/N=C\c2ccc([N+](=O)[O-])o2)C(=S)O1. The number of furan rings is 1. The molecule has 8 heteroatoms.